The molecule has 0 radical (unpaired) electrons. The van der Waals surface area contributed by atoms with Gasteiger partial charge < -0.3 is 14.5 Å². The smallest absolute Gasteiger partial charge is 0.287 e. The highest BCUT2D eigenvalue weighted by Crippen LogP contribution is 2.04. The average Bonchev–Trinajstić information content (AvgIpc) is 2.25. The zero-order chi connectivity index (χ0) is 11.3. The topological polar surface area (TPSA) is 68.5 Å². The van der Waals surface area contributed by atoms with Crippen LogP contribution in [0.4, 0.5) is 0 Å². The van der Waals surface area contributed by atoms with E-state index in [1.165, 1.54) is 13.2 Å². The summed E-state index contributed by atoms with van der Waals surface area (Å²) in [7, 11) is 1.35. The molecule has 0 aliphatic heterocycles. The van der Waals surface area contributed by atoms with Crippen molar-refractivity contribution in [2.45, 2.75) is 0 Å². The Balaban J connectivity index is 2.87. The van der Waals surface area contributed by atoms with Crippen molar-refractivity contribution in [3.63, 3.8) is 0 Å². The van der Waals surface area contributed by atoms with Crippen molar-refractivity contribution in [2.75, 3.05) is 13.7 Å². The molecule has 0 aliphatic rings. The van der Waals surface area contributed by atoms with Crippen LogP contribution in [0.3, 0.4) is 0 Å². The summed E-state index contributed by atoms with van der Waals surface area (Å²) in [5, 5.41) is 2.48. The van der Waals surface area contributed by atoms with Gasteiger partial charge in [-0.25, -0.2) is 0 Å². The summed E-state index contributed by atoms with van der Waals surface area (Å²) >= 11 is 0. The van der Waals surface area contributed by atoms with Crippen molar-refractivity contribution in [1.82, 2.24) is 5.32 Å². The van der Waals surface area contributed by atoms with E-state index >= 15 is 0 Å². The van der Waals surface area contributed by atoms with E-state index in [4.69, 9.17) is 9.15 Å². The first-order valence-electron chi connectivity index (χ1n) is 4.25. The molecule has 1 heterocycles. The molecule has 0 unspecified atom stereocenters. The van der Waals surface area contributed by atoms with Crippen LogP contribution < -0.4 is 15.5 Å². The quantitative estimate of drug-likeness (QED) is 0.736. The normalized spacial score (nSPS) is 9.40. The molecule has 0 atom stereocenters. The predicted octanol–water partition coefficient (Wildman–Crippen LogP) is 0.564. The minimum Gasteiger partial charge on any atom is -0.490 e. The Bertz CT molecular complexity index is 422. The second-order valence-electron chi connectivity index (χ2n) is 2.68. The van der Waals surface area contributed by atoms with Crippen molar-refractivity contribution in [1.29, 1.82) is 0 Å². The summed E-state index contributed by atoms with van der Waals surface area (Å²) in [6.07, 6.45) is 2.63. The minimum atomic E-state index is -0.463. The van der Waals surface area contributed by atoms with Crippen LogP contribution in [0.15, 0.2) is 34.2 Å². The highest BCUT2D eigenvalue weighted by Gasteiger charge is 2.10. The zero-order valence-corrected chi connectivity index (χ0v) is 8.28. The van der Waals surface area contributed by atoms with Gasteiger partial charge in [-0.1, -0.05) is 6.08 Å². The number of nitrogens with one attached hydrogen (secondary N) is 1. The van der Waals surface area contributed by atoms with Gasteiger partial charge in [0.1, 0.15) is 6.26 Å². The third-order valence-electron chi connectivity index (χ3n) is 1.65. The number of carbonyl (C=O) groups excluding carboxylic acids is 1. The van der Waals surface area contributed by atoms with Gasteiger partial charge in [-0.2, -0.15) is 0 Å². The number of hydrogen-bond donors (Lipinski definition) is 1. The molecule has 15 heavy (non-hydrogen) atoms. The number of amides is 1. The molecule has 0 saturated heterocycles. The number of ether oxygens (including phenoxy) is 1. The van der Waals surface area contributed by atoms with Crippen LogP contribution in [-0.2, 0) is 0 Å². The molecule has 0 saturated carbocycles. The van der Waals surface area contributed by atoms with E-state index in [1.807, 2.05) is 0 Å². The third kappa shape index (κ3) is 2.70. The molecule has 0 bridgehead atoms. The van der Waals surface area contributed by atoms with Crippen LogP contribution in [0.1, 0.15) is 10.6 Å². The predicted molar refractivity (Wildman–Crippen MR) is 54.1 cm³/mol. The Hall–Kier alpha value is -2.04. The Morgan fingerprint density at radius 2 is 2.47 bits per heavy atom. The maximum Gasteiger partial charge on any atom is 0.287 e. The maximum atomic E-state index is 11.3. The van der Waals surface area contributed by atoms with Crippen molar-refractivity contribution < 1.29 is 13.9 Å². The van der Waals surface area contributed by atoms with Gasteiger partial charge in [-0.05, 0) is 0 Å². The van der Waals surface area contributed by atoms with E-state index in [1.54, 1.807) is 0 Å². The van der Waals surface area contributed by atoms with Gasteiger partial charge in [-0.15, -0.1) is 6.58 Å². The van der Waals surface area contributed by atoms with Gasteiger partial charge in [0.25, 0.3) is 5.91 Å². The molecule has 0 spiro atoms. The van der Waals surface area contributed by atoms with Gasteiger partial charge in [0.15, 0.2) is 5.76 Å². The van der Waals surface area contributed by atoms with E-state index in [-0.39, 0.29) is 11.5 Å². The summed E-state index contributed by atoms with van der Waals surface area (Å²) in [4.78, 5) is 22.6. The third-order valence-corrected chi connectivity index (χ3v) is 1.65. The average molecular weight is 209 g/mol. The van der Waals surface area contributed by atoms with Gasteiger partial charge in [0.05, 0.1) is 7.11 Å². The summed E-state index contributed by atoms with van der Waals surface area (Å²) in [6, 6.07) is 1.08. The van der Waals surface area contributed by atoms with Crippen molar-refractivity contribution in [3.05, 3.63) is 41.0 Å². The van der Waals surface area contributed by atoms with E-state index in [2.05, 4.69) is 11.9 Å². The van der Waals surface area contributed by atoms with Crippen LogP contribution in [0.25, 0.3) is 0 Å². The summed E-state index contributed by atoms with van der Waals surface area (Å²) < 4.78 is 9.62. The lowest BCUT2D eigenvalue weighted by molar-refractivity contribution is 0.0927. The summed E-state index contributed by atoms with van der Waals surface area (Å²) in [6.45, 7) is 3.76. The highest BCUT2D eigenvalue weighted by molar-refractivity contribution is 5.91. The lowest BCUT2D eigenvalue weighted by Crippen LogP contribution is -2.24. The van der Waals surface area contributed by atoms with Crippen molar-refractivity contribution in [2.24, 2.45) is 0 Å². The zero-order valence-electron chi connectivity index (χ0n) is 8.28. The lowest BCUT2D eigenvalue weighted by Gasteiger charge is -2.01. The van der Waals surface area contributed by atoms with E-state index in [0.29, 0.717) is 6.54 Å². The lowest BCUT2D eigenvalue weighted by atomic mass is 10.3. The van der Waals surface area contributed by atoms with Crippen LogP contribution in [-0.4, -0.2) is 19.6 Å². The molecule has 1 N–H and O–H groups in total. The first kappa shape index (κ1) is 11.0. The Morgan fingerprint density at radius 3 is 3.00 bits per heavy atom. The van der Waals surface area contributed by atoms with E-state index in [9.17, 15) is 9.59 Å². The highest BCUT2D eigenvalue weighted by atomic mass is 16.5. The SMILES string of the molecule is C=CCNC(=O)c1cc(=O)c(OC)co1. The molecule has 5 heteroatoms. The second-order valence-corrected chi connectivity index (χ2v) is 2.68. The van der Waals surface area contributed by atoms with Crippen LogP contribution in [0.2, 0.25) is 0 Å². The number of carbonyl (C=O) groups is 1. The largest absolute Gasteiger partial charge is 0.490 e. The van der Waals surface area contributed by atoms with Crippen molar-refractivity contribution >= 4 is 5.91 Å². The van der Waals surface area contributed by atoms with Crippen LogP contribution in [0, 0.1) is 0 Å². The molecule has 0 aliphatic carbocycles. The first-order valence-corrected chi connectivity index (χ1v) is 4.25. The van der Waals surface area contributed by atoms with Crippen LogP contribution >= 0.6 is 0 Å². The molecule has 80 valence electrons. The van der Waals surface area contributed by atoms with Gasteiger partial charge >= 0.3 is 0 Å². The molecule has 1 aromatic rings. The molecule has 1 rings (SSSR count). The fourth-order valence-corrected chi connectivity index (χ4v) is 0.919. The standard InChI is InChI=1S/C10H11NO4/c1-3-4-11-10(13)8-5-7(12)9(14-2)6-15-8/h3,5-6H,1,4H2,2H3,(H,11,13). The Labute approximate surface area is 86.4 Å². The molecule has 0 fully saturated rings. The summed E-state index contributed by atoms with van der Waals surface area (Å²) in [5.74, 6) is -0.451. The number of hydrogen-bond acceptors (Lipinski definition) is 4. The van der Waals surface area contributed by atoms with Crippen molar-refractivity contribution in [3.8, 4) is 5.75 Å². The molecule has 1 aromatic heterocycles. The van der Waals surface area contributed by atoms with Gasteiger partial charge in [-0.3, -0.25) is 9.59 Å². The van der Waals surface area contributed by atoms with Crippen LogP contribution in [0.5, 0.6) is 5.75 Å². The van der Waals surface area contributed by atoms with Gasteiger partial charge in [0.2, 0.25) is 11.2 Å². The number of methoxy groups -OCH3 is 1. The second kappa shape index (κ2) is 4.99. The van der Waals surface area contributed by atoms with E-state index < -0.39 is 11.3 Å². The molecular weight excluding hydrogens is 198 g/mol. The number of rotatable bonds is 4. The summed E-state index contributed by atoms with van der Waals surface area (Å²) in [5.41, 5.74) is -0.396. The maximum absolute atomic E-state index is 11.3. The van der Waals surface area contributed by atoms with Gasteiger partial charge in [0, 0.05) is 12.6 Å². The van der Waals surface area contributed by atoms with E-state index in [0.717, 1.165) is 12.3 Å². The Morgan fingerprint density at radius 1 is 1.73 bits per heavy atom. The first-order chi connectivity index (χ1) is 7.19. The minimum absolute atomic E-state index is 0.0531. The molecule has 0 aromatic carbocycles. The fraction of sp³-hybridized carbons (Fsp3) is 0.200. The Kier molecular flexibility index (Phi) is 3.68. The molecular formula is C10H11NO4. The molecule has 5 nitrogen and oxygen atoms in total. The fourth-order valence-electron chi connectivity index (χ4n) is 0.919. The monoisotopic (exact) mass is 209 g/mol. The molecule has 1 amide bonds.